The van der Waals surface area contributed by atoms with E-state index in [0.717, 1.165) is 6.42 Å². The van der Waals surface area contributed by atoms with Crippen LogP contribution in [0.25, 0.3) is 0 Å². The Bertz CT molecular complexity index is 79.2. The fourth-order valence-electron chi connectivity index (χ4n) is 1.47. The molecule has 0 aliphatic heterocycles. The third-order valence-corrected chi connectivity index (χ3v) is 3.59. The van der Waals surface area contributed by atoms with E-state index >= 15 is 0 Å². The van der Waals surface area contributed by atoms with Crippen LogP contribution in [0.3, 0.4) is 0 Å². The van der Waals surface area contributed by atoms with Crippen LogP contribution < -0.4 is 0 Å². The van der Waals surface area contributed by atoms with E-state index in [-0.39, 0.29) is 0 Å². The minimum atomic E-state index is 1.11. The van der Waals surface area contributed by atoms with Crippen LogP contribution in [0.2, 0.25) is 0 Å². The molecule has 0 saturated carbocycles. The van der Waals surface area contributed by atoms with Crippen molar-refractivity contribution in [2.24, 2.45) is 0 Å². The van der Waals surface area contributed by atoms with Gasteiger partial charge in [0.15, 0.2) is 0 Å². The highest BCUT2D eigenvalue weighted by Crippen LogP contribution is 2.11. The molecule has 0 aliphatic carbocycles. The molecule has 0 unspecified atom stereocenters. The van der Waals surface area contributed by atoms with Gasteiger partial charge in [-0.1, -0.05) is 58.8 Å². The molecule has 1 radical (unpaired) electrons. The van der Waals surface area contributed by atoms with Crippen molar-refractivity contribution >= 4 is 11.8 Å². The zero-order valence-corrected chi connectivity index (χ0v) is 10.7. The smallest absolute Gasteiger partial charge is 0.00675 e. The molecule has 0 nitrogen and oxygen atoms in total. The third kappa shape index (κ3) is 12.3. The van der Waals surface area contributed by atoms with Crippen LogP contribution in [0.1, 0.15) is 64.7 Å². The lowest BCUT2D eigenvalue weighted by atomic mass is 10.1. The molecular weight excluding hydrogens is 188 g/mol. The summed E-state index contributed by atoms with van der Waals surface area (Å²) in [6, 6.07) is 0. The molecule has 0 amide bonds. The van der Waals surface area contributed by atoms with Crippen molar-refractivity contribution in [3.05, 3.63) is 6.92 Å². The van der Waals surface area contributed by atoms with E-state index in [1.54, 1.807) is 0 Å². The highest BCUT2D eigenvalue weighted by Gasteiger charge is 1.91. The molecule has 0 N–H and O–H groups in total. The zero-order chi connectivity index (χ0) is 10.5. The predicted octanol–water partition coefficient (Wildman–Crippen LogP) is 5.08. The predicted molar refractivity (Wildman–Crippen MR) is 69.9 cm³/mol. The summed E-state index contributed by atoms with van der Waals surface area (Å²) in [6.45, 7) is 6.13. The Morgan fingerprint density at radius 2 is 1.36 bits per heavy atom. The van der Waals surface area contributed by atoms with Crippen LogP contribution in [-0.2, 0) is 0 Å². The first-order valence-corrected chi connectivity index (χ1v) is 7.44. The second kappa shape index (κ2) is 13.4. The minimum Gasteiger partial charge on any atom is -0.162 e. The summed E-state index contributed by atoms with van der Waals surface area (Å²) in [7, 11) is 0. The molecule has 85 valence electrons. The second-order valence-electron chi connectivity index (χ2n) is 3.94. The van der Waals surface area contributed by atoms with Gasteiger partial charge >= 0.3 is 0 Å². The Morgan fingerprint density at radius 1 is 0.786 bits per heavy atom. The lowest BCUT2D eigenvalue weighted by Crippen LogP contribution is -1.85. The minimum absolute atomic E-state index is 1.11. The Hall–Kier alpha value is 0.350. The number of hydrogen-bond donors (Lipinski definition) is 0. The van der Waals surface area contributed by atoms with Gasteiger partial charge < -0.3 is 0 Å². The normalized spacial score (nSPS) is 10.7. The quantitative estimate of drug-likeness (QED) is 0.433. The summed E-state index contributed by atoms with van der Waals surface area (Å²) in [5.41, 5.74) is 0. The summed E-state index contributed by atoms with van der Waals surface area (Å²) < 4.78 is 0. The van der Waals surface area contributed by atoms with E-state index in [1.165, 1.54) is 62.9 Å². The summed E-state index contributed by atoms with van der Waals surface area (Å²) in [4.78, 5) is 0. The standard InChI is InChI=1S/C13H27S/c1-3-5-7-8-9-11-13-14-12-10-6-4-2/h2-13H2,1H3. The monoisotopic (exact) mass is 215 g/mol. The molecule has 1 heteroatoms. The molecule has 0 aromatic rings. The van der Waals surface area contributed by atoms with E-state index in [2.05, 4.69) is 25.6 Å². The van der Waals surface area contributed by atoms with Crippen molar-refractivity contribution in [1.82, 2.24) is 0 Å². The van der Waals surface area contributed by atoms with Gasteiger partial charge in [-0.15, -0.1) is 0 Å². The summed E-state index contributed by atoms with van der Waals surface area (Å²) in [5, 5.41) is 0. The Morgan fingerprint density at radius 3 is 2.00 bits per heavy atom. The van der Waals surface area contributed by atoms with Crippen LogP contribution in [0.15, 0.2) is 0 Å². The van der Waals surface area contributed by atoms with Crippen LogP contribution in [0, 0.1) is 6.92 Å². The molecule has 0 saturated heterocycles. The summed E-state index contributed by atoms with van der Waals surface area (Å²) >= 11 is 2.13. The van der Waals surface area contributed by atoms with Gasteiger partial charge in [0.2, 0.25) is 0 Å². The molecule has 0 bridgehead atoms. The molecule has 0 heterocycles. The maximum absolute atomic E-state index is 3.85. The highest BCUT2D eigenvalue weighted by atomic mass is 32.2. The zero-order valence-electron chi connectivity index (χ0n) is 9.89. The van der Waals surface area contributed by atoms with Crippen LogP contribution >= 0.6 is 11.8 Å². The van der Waals surface area contributed by atoms with Gasteiger partial charge in [-0.2, -0.15) is 11.8 Å². The fraction of sp³-hybridized carbons (Fsp3) is 0.923. The summed E-state index contributed by atoms with van der Waals surface area (Å²) in [6.07, 6.45) is 12.3. The van der Waals surface area contributed by atoms with Crippen molar-refractivity contribution in [2.75, 3.05) is 11.5 Å². The largest absolute Gasteiger partial charge is 0.162 e. The molecule has 0 fully saturated rings. The highest BCUT2D eigenvalue weighted by molar-refractivity contribution is 7.99. The van der Waals surface area contributed by atoms with E-state index in [0.29, 0.717) is 0 Å². The van der Waals surface area contributed by atoms with Crippen LogP contribution in [-0.4, -0.2) is 11.5 Å². The Balaban J connectivity index is 2.78. The SMILES string of the molecule is [CH2]CCCCSCCCCCCCC. The van der Waals surface area contributed by atoms with Crippen molar-refractivity contribution < 1.29 is 0 Å². The Labute approximate surface area is 95.2 Å². The first-order chi connectivity index (χ1) is 6.91. The molecule has 0 aliphatic rings. The van der Waals surface area contributed by atoms with Gasteiger partial charge in [-0.05, 0) is 24.3 Å². The van der Waals surface area contributed by atoms with Gasteiger partial charge in [0.05, 0.1) is 0 Å². The van der Waals surface area contributed by atoms with E-state index in [4.69, 9.17) is 0 Å². The average molecular weight is 215 g/mol. The topological polar surface area (TPSA) is 0 Å². The Kier molecular flexibility index (Phi) is 13.7. The van der Waals surface area contributed by atoms with E-state index < -0.39 is 0 Å². The number of unbranched alkanes of at least 4 members (excludes halogenated alkanes) is 7. The lowest BCUT2D eigenvalue weighted by Gasteiger charge is -2.01. The number of rotatable bonds is 11. The van der Waals surface area contributed by atoms with Gasteiger partial charge in [0, 0.05) is 0 Å². The average Bonchev–Trinajstić information content (AvgIpc) is 2.21. The molecular formula is C13H27S. The molecule has 0 aromatic heterocycles. The molecule has 14 heavy (non-hydrogen) atoms. The van der Waals surface area contributed by atoms with E-state index in [1.807, 2.05) is 0 Å². The van der Waals surface area contributed by atoms with Crippen molar-refractivity contribution in [2.45, 2.75) is 64.7 Å². The first kappa shape index (κ1) is 14.3. The first-order valence-electron chi connectivity index (χ1n) is 6.28. The van der Waals surface area contributed by atoms with Gasteiger partial charge in [0.25, 0.3) is 0 Å². The second-order valence-corrected chi connectivity index (χ2v) is 5.17. The maximum Gasteiger partial charge on any atom is -0.00675 e. The lowest BCUT2D eigenvalue weighted by molar-refractivity contribution is 0.627. The fourth-order valence-corrected chi connectivity index (χ4v) is 2.49. The number of hydrogen-bond acceptors (Lipinski definition) is 1. The van der Waals surface area contributed by atoms with Gasteiger partial charge in [-0.25, -0.2) is 0 Å². The third-order valence-electron chi connectivity index (χ3n) is 2.43. The van der Waals surface area contributed by atoms with Crippen molar-refractivity contribution in [3.63, 3.8) is 0 Å². The van der Waals surface area contributed by atoms with Gasteiger partial charge in [-0.3, -0.25) is 0 Å². The van der Waals surface area contributed by atoms with Crippen molar-refractivity contribution in [3.8, 4) is 0 Å². The molecule has 0 aromatic carbocycles. The molecule has 0 atom stereocenters. The maximum atomic E-state index is 3.85. The summed E-state index contributed by atoms with van der Waals surface area (Å²) in [5.74, 6) is 2.73. The van der Waals surface area contributed by atoms with Gasteiger partial charge in [0.1, 0.15) is 0 Å². The van der Waals surface area contributed by atoms with Crippen LogP contribution in [0.4, 0.5) is 0 Å². The number of thioether (sulfide) groups is 1. The molecule has 0 spiro atoms. The van der Waals surface area contributed by atoms with Crippen LogP contribution in [0.5, 0.6) is 0 Å². The van der Waals surface area contributed by atoms with E-state index in [9.17, 15) is 0 Å². The van der Waals surface area contributed by atoms with Crippen molar-refractivity contribution in [1.29, 1.82) is 0 Å². The molecule has 0 rings (SSSR count).